The van der Waals surface area contributed by atoms with Crippen LogP contribution in [0, 0.1) is 28.6 Å². The molecule has 6 rings (SSSR count). The molecule has 0 saturated heterocycles. The minimum atomic E-state index is -0.427. The van der Waals surface area contributed by atoms with Crippen LogP contribution < -0.4 is 5.48 Å². The molecule has 5 nitrogen and oxygen atoms in total. The molecule has 0 aliphatic heterocycles. The minimum absolute atomic E-state index is 0.0753. The third-order valence-electron chi connectivity index (χ3n) is 10.8. The van der Waals surface area contributed by atoms with Crippen LogP contribution in [0.4, 0.5) is 0 Å². The lowest BCUT2D eigenvalue weighted by Gasteiger charge is -2.58. The van der Waals surface area contributed by atoms with Crippen molar-refractivity contribution in [3.63, 3.8) is 0 Å². The lowest BCUT2D eigenvalue weighted by molar-refractivity contribution is -0.158. The predicted octanol–water partition coefficient (Wildman–Crippen LogP) is 6.76. The zero-order valence-corrected chi connectivity index (χ0v) is 23.9. The summed E-state index contributed by atoms with van der Waals surface area (Å²) < 4.78 is 0. The van der Waals surface area contributed by atoms with Crippen LogP contribution in [0.25, 0.3) is 5.57 Å². The van der Waals surface area contributed by atoms with E-state index < -0.39 is 6.04 Å². The van der Waals surface area contributed by atoms with E-state index >= 15 is 0 Å². The number of hydroxylamine groups is 1. The van der Waals surface area contributed by atoms with Crippen molar-refractivity contribution in [2.45, 2.75) is 70.9 Å². The molecular formula is C34H43N3O2. The Hall–Kier alpha value is -2.76. The number of carbonyl (C=O) groups is 1. The van der Waals surface area contributed by atoms with Gasteiger partial charge in [-0.15, -0.1) is 5.48 Å². The number of fused-ring (bicyclic) bond motifs is 5. The number of aromatic nitrogens is 1. The molecule has 7 atom stereocenters. The summed E-state index contributed by atoms with van der Waals surface area (Å²) in [7, 11) is 3.83. The summed E-state index contributed by atoms with van der Waals surface area (Å²) in [5.74, 6) is 1.97. The zero-order valence-electron chi connectivity index (χ0n) is 23.9. The van der Waals surface area contributed by atoms with Crippen LogP contribution in [0.3, 0.4) is 0 Å². The average Bonchev–Trinajstić information content (AvgIpc) is 3.30. The van der Waals surface area contributed by atoms with Crippen molar-refractivity contribution in [1.82, 2.24) is 15.4 Å². The summed E-state index contributed by atoms with van der Waals surface area (Å²) in [5, 5.41) is 0. The second kappa shape index (κ2) is 10.3. The highest BCUT2D eigenvalue weighted by Crippen LogP contribution is 2.66. The Kier molecular flexibility index (Phi) is 7.01. The second-order valence-corrected chi connectivity index (χ2v) is 13.0. The molecule has 5 heteroatoms. The molecule has 4 aliphatic carbocycles. The number of pyridine rings is 1. The van der Waals surface area contributed by atoms with Crippen molar-refractivity contribution in [3.8, 4) is 0 Å². The summed E-state index contributed by atoms with van der Waals surface area (Å²) in [6.45, 7) is 5.06. The molecular weight excluding hydrogens is 482 g/mol. The molecule has 0 amide bonds. The molecule has 1 aromatic carbocycles. The van der Waals surface area contributed by atoms with Crippen LogP contribution in [0.2, 0.25) is 0 Å². The fraction of sp³-hybridized carbons (Fsp3) is 0.529. The molecule has 1 N–H and O–H groups in total. The molecule has 0 bridgehead atoms. The van der Waals surface area contributed by atoms with Crippen LogP contribution in [-0.4, -0.2) is 36.0 Å². The standard InChI is InChI=1S/C34H43N3O2/c1-33-18-16-26(36-39-32(38)31(37(3)4)23-9-6-5-7-10-23)21-25(33)12-13-27-29-15-14-28(24-11-8-20-35-22-24)34(29,2)19-17-30(27)33/h5-11,14,20-22,26-27,29-31,36H,12-13,15-19H2,1-4H3/t26?,27-,29+,30+,31?,33+,34-/m1/s1. The first kappa shape index (κ1) is 26.5. The van der Waals surface area contributed by atoms with E-state index in [1.165, 1.54) is 36.8 Å². The number of carbonyl (C=O) groups excluding carboxylic acids is 1. The fourth-order valence-electron chi connectivity index (χ4n) is 8.83. The quantitative estimate of drug-likeness (QED) is 0.334. The highest BCUT2D eigenvalue weighted by molar-refractivity contribution is 5.77. The van der Waals surface area contributed by atoms with E-state index in [1.807, 2.05) is 55.5 Å². The van der Waals surface area contributed by atoms with Gasteiger partial charge >= 0.3 is 5.97 Å². The number of nitrogens with zero attached hydrogens (tertiary/aromatic N) is 2. The summed E-state index contributed by atoms with van der Waals surface area (Å²) in [6, 6.07) is 13.8. The summed E-state index contributed by atoms with van der Waals surface area (Å²) in [5.41, 5.74) is 9.03. The number of hydrogen-bond acceptors (Lipinski definition) is 5. The van der Waals surface area contributed by atoms with Crippen LogP contribution >= 0.6 is 0 Å². The van der Waals surface area contributed by atoms with Crippen molar-refractivity contribution in [2.24, 2.45) is 28.6 Å². The van der Waals surface area contributed by atoms with Gasteiger partial charge in [-0.1, -0.05) is 68.0 Å². The van der Waals surface area contributed by atoms with Crippen molar-refractivity contribution in [1.29, 1.82) is 0 Å². The van der Waals surface area contributed by atoms with Gasteiger partial charge in [0.1, 0.15) is 6.04 Å². The Bertz CT molecular complexity index is 1260. The van der Waals surface area contributed by atoms with Gasteiger partial charge in [0.05, 0.1) is 6.04 Å². The van der Waals surface area contributed by atoms with Gasteiger partial charge in [0.15, 0.2) is 0 Å². The molecule has 1 aromatic heterocycles. The van der Waals surface area contributed by atoms with Crippen molar-refractivity contribution in [3.05, 3.63) is 83.7 Å². The van der Waals surface area contributed by atoms with E-state index in [4.69, 9.17) is 4.84 Å². The number of benzene rings is 1. The van der Waals surface area contributed by atoms with Gasteiger partial charge in [0.25, 0.3) is 0 Å². The van der Waals surface area contributed by atoms with Crippen LogP contribution in [0.15, 0.2) is 72.6 Å². The first-order chi connectivity index (χ1) is 18.8. The van der Waals surface area contributed by atoms with E-state index in [9.17, 15) is 4.79 Å². The monoisotopic (exact) mass is 525 g/mol. The molecule has 2 aromatic rings. The van der Waals surface area contributed by atoms with Crippen molar-refractivity contribution < 1.29 is 9.63 Å². The predicted molar refractivity (Wildman–Crippen MR) is 155 cm³/mol. The molecule has 206 valence electrons. The molecule has 2 fully saturated rings. The van der Waals surface area contributed by atoms with Crippen molar-refractivity contribution >= 4 is 11.5 Å². The normalized spacial score (nSPS) is 34.3. The Morgan fingerprint density at radius 3 is 2.56 bits per heavy atom. The molecule has 0 radical (unpaired) electrons. The molecule has 39 heavy (non-hydrogen) atoms. The van der Waals surface area contributed by atoms with Gasteiger partial charge in [-0.3, -0.25) is 9.88 Å². The minimum Gasteiger partial charge on any atom is -0.368 e. The lowest BCUT2D eigenvalue weighted by Crippen LogP contribution is -2.51. The number of hydrogen-bond donors (Lipinski definition) is 1. The third-order valence-corrected chi connectivity index (χ3v) is 10.8. The van der Waals surface area contributed by atoms with E-state index in [0.29, 0.717) is 0 Å². The van der Waals surface area contributed by atoms with Gasteiger partial charge in [0.2, 0.25) is 0 Å². The Morgan fingerprint density at radius 2 is 1.82 bits per heavy atom. The Morgan fingerprint density at radius 1 is 1.03 bits per heavy atom. The Labute approximate surface area is 233 Å². The topological polar surface area (TPSA) is 54.5 Å². The van der Waals surface area contributed by atoms with Crippen LogP contribution in [0.1, 0.15) is 76.0 Å². The fourth-order valence-corrected chi connectivity index (χ4v) is 8.83. The second-order valence-electron chi connectivity index (χ2n) is 13.0. The maximum absolute atomic E-state index is 13.1. The van der Waals surface area contributed by atoms with Gasteiger partial charge in [-0.05, 0) is 110 Å². The average molecular weight is 526 g/mol. The maximum atomic E-state index is 13.1. The van der Waals surface area contributed by atoms with Gasteiger partial charge < -0.3 is 4.84 Å². The van der Waals surface area contributed by atoms with E-state index in [2.05, 4.69) is 54.8 Å². The van der Waals surface area contributed by atoms with Crippen molar-refractivity contribution in [2.75, 3.05) is 14.1 Å². The van der Waals surface area contributed by atoms with E-state index in [1.54, 1.807) is 5.57 Å². The highest BCUT2D eigenvalue weighted by atomic mass is 16.7. The molecule has 4 aliphatic rings. The molecule has 0 spiro atoms. The highest BCUT2D eigenvalue weighted by Gasteiger charge is 2.57. The van der Waals surface area contributed by atoms with Gasteiger partial charge in [0, 0.05) is 12.4 Å². The zero-order chi connectivity index (χ0) is 27.2. The summed E-state index contributed by atoms with van der Waals surface area (Å²) >= 11 is 0. The Balaban J connectivity index is 1.14. The van der Waals surface area contributed by atoms with Gasteiger partial charge in [-0.2, -0.15) is 0 Å². The summed E-state index contributed by atoms with van der Waals surface area (Å²) in [4.78, 5) is 25.1. The van der Waals surface area contributed by atoms with E-state index in [-0.39, 0.29) is 22.8 Å². The maximum Gasteiger partial charge on any atom is 0.346 e. The SMILES string of the molecule is CN(C)C(C(=O)ONC1C=C2CC[C@H]3[C@H](CC[C@]4(C)C(c5cccnc5)=CC[C@@H]34)[C@@]2(C)CC1)c1ccccc1. The molecule has 1 heterocycles. The third kappa shape index (κ3) is 4.58. The van der Waals surface area contributed by atoms with Gasteiger partial charge in [-0.25, -0.2) is 4.79 Å². The number of nitrogens with one attached hydrogen (secondary N) is 1. The smallest absolute Gasteiger partial charge is 0.346 e. The number of likely N-dealkylation sites (N-methyl/N-ethyl adjacent to an activating group) is 1. The number of allylic oxidation sites excluding steroid dienone is 3. The van der Waals surface area contributed by atoms with E-state index in [0.717, 1.165) is 42.6 Å². The first-order valence-electron chi connectivity index (χ1n) is 14.8. The molecule has 2 unspecified atom stereocenters. The van der Waals surface area contributed by atoms with Crippen LogP contribution in [-0.2, 0) is 9.63 Å². The lowest BCUT2D eigenvalue weighted by atomic mass is 9.46. The largest absolute Gasteiger partial charge is 0.368 e. The first-order valence-corrected chi connectivity index (χ1v) is 14.8. The van der Waals surface area contributed by atoms with Crippen LogP contribution in [0.5, 0.6) is 0 Å². The summed E-state index contributed by atoms with van der Waals surface area (Å²) in [6.07, 6.45) is 17.2. The molecule has 2 saturated carbocycles. The number of rotatable bonds is 6.